The summed E-state index contributed by atoms with van der Waals surface area (Å²) in [4.78, 5) is 21.1. The molecule has 4 aromatic rings. The summed E-state index contributed by atoms with van der Waals surface area (Å²) >= 11 is 11.9. The molecule has 29 heavy (non-hydrogen) atoms. The number of anilines is 1. The van der Waals surface area contributed by atoms with Crippen LogP contribution in [0.3, 0.4) is 0 Å². The van der Waals surface area contributed by atoms with E-state index in [-0.39, 0.29) is 5.91 Å². The minimum atomic E-state index is -0.188. The zero-order chi connectivity index (χ0) is 20.4. The number of fused-ring (bicyclic) bond motifs is 3. The molecule has 0 aliphatic heterocycles. The number of hydrogen-bond acceptors (Lipinski definition) is 4. The third-order valence-corrected chi connectivity index (χ3v) is 5.15. The van der Waals surface area contributed by atoms with E-state index in [1.165, 1.54) is 0 Å². The number of nitrogens with zero attached hydrogens (tertiary/aromatic N) is 3. The lowest BCUT2D eigenvalue weighted by Gasteiger charge is -2.09. The molecule has 0 aliphatic carbocycles. The molecule has 0 fully saturated rings. The molecule has 0 atom stereocenters. The van der Waals surface area contributed by atoms with Crippen LogP contribution in [0.15, 0.2) is 48.8 Å². The van der Waals surface area contributed by atoms with Gasteiger partial charge in [-0.3, -0.25) is 4.79 Å². The summed E-state index contributed by atoms with van der Waals surface area (Å²) in [7, 11) is 0. The molecule has 2 aromatic carbocycles. The maximum absolute atomic E-state index is 12.2. The van der Waals surface area contributed by atoms with E-state index >= 15 is 0 Å². The maximum atomic E-state index is 12.2. The van der Waals surface area contributed by atoms with Crippen molar-refractivity contribution in [3.05, 3.63) is 64.4 Å². The van der Waals surface area contributed by atoms with E-state index in [2.05, 4.69) is 19.9 Å². The van der Waals surface area contributed by atoms with Crippen LogP contribution in [0.5, 0.6) is 0 Å². The summed E-state index contributed by atoms with van der Waals surface area (Å²) in [6.45, 7) is 1.32. The highest BCUT2D eigenvalue weighted by molar-refractivity contribution is 6.35. The lowest BCUT2D eigenvalue weighted by Crippen LogP contribution is -2.24. The van der Waals surface area contributed by atoms with Gasteiger partial charge in [0.25, 0.3) is 5.91 Å². The predicted octanol–water partition coefficient (Wildman–Crippen LogP) is 4.68. The van der Waals surface area contributed by atoms with Gasteiger partial charge in [-0.25, -0.2) is 9.97 Å². The first-order valence-corrected chi connectivity index (χ1v) is 10.0. The van der Waals surface area contributed by atoms with Crippen molar-refractivity contribution in [1.29, 1.82) is 0 Å². The number of amides is 1. The van der Waals surface area contributed by atoms with E-state index in [4.69, 9.17) is 28.9 Å². The van der Waals surface area contributed by atoms with Gasteiger partial charge < -0.3 is 15.6 Å². The average Bonchev–Trinajstić information content (AvgIpc) is 3.12. The third kappa shape index (κ3) is 4.13. The van der Waals surface area contributed by atoms with E-state index in [1.54, 1.807) is 24.5 Å². The molecule has 0 bridgehead atoms. The van der Waals surface area contributed by atoms with Crippen molar-refractivity contribution in [3.63, 3.8) is 0 Å². The van der Waals surface area contributed by atoms with E-state index in [1.807, 2.05) is 24.3 Å². The molecular weight excluding hydrogens is 409 g/mol. The van der Waals surface area contributed by atoms with Crippen LogP contribution in [0, 0.1) is 0 Å². The molecule has 2 aromatic heterocycles. The fourth-order valence-corrected chi connectivity index (χ4v) is 3.90. The van der Waals surface area contributed by atoms with E-state index < -0.39 is 0 Å². The van der Waals surface area contributed by atoms with Gasteiger partial charge in [0.15, 0.2) is 5.82 Å². The second kappa shape index (κ2) is 8.27. The lowest BCUT2D eigenvalue weighted by atomic mass is 10.2. The Labute approximate surface area is 177 Å². The normalized spacial score (nSPS) is 11.2. The fourth-order valence-electron chi connectivity index (χ4n) is 3.37. The van der Waals surface area contributed by atoms with Crippen LogP contribution >= 0.6 is 23.2 Å². The third-order valence-electron chi connectivity index (χ3n) is 4.72. The summed E-state index contributed by atoms with van der Waals surface area (Å²) in [5.74, 6) is 0.247. The predicted molar refractivity (Wildman–Crippen MR) is 117 cm³/mol. The number of imidazole rings is 1. The topological polar surface area (TPSA) is 85.8 Å². The van der Waals surface area contributed by atoms with Gasteiger partial charge in [0.1, 0.15) is 5.52 Å². The van der Waals surface area contributed by atoms with Crippen LogP contribution in [-0.4, -0.2) is 27.0 Å². The van der Waals surface area contributed by atoms with Gasteiger partial charge in [-0.2, -0.15) is 0 Å². The SMILES string of the molecule is Nc1nc2ccccc2c2c1ncn2CCCCNC(=O)c1cc(Cl)cc(Cl)c1. The Morgan fingerprint density at radius 2 is 1.86 bits per heavy atom. The van der Waals surface area contributed by atoms with Crippen molar-refractivity contribution in [2.75, 3.05) is 12.3 Å². The number of carbonyl (C=O) groups excluding carboxylic acids is 1. The van der Waals surface area contributed by atoms with Crippen molar-refractivity contribution >= 4 is 56.9 Å². The standard InChI is InChI=1S/C21H19Cl2N5O/c22-14-9-13(10-15(23)11-14)21(29)25-7-3-4-8-28-12-26-18-19(28)16-5-1-2-6-17(16)27-20(18)24/h1-2,5-6,9-12H,3-4,7-8H2,(H2,24,27)(H,25,29). The Hall–Kier alpha value is -2.83. The molecule has 0 spiro atoms. The van der Waals surface area contributed by atoms with E-state index in [0.29, 0.717) is 28.0 Å². The Morgan fingerprint density at radius 3 is 2.66 bits per heavy atom. The number of pyridine rings is 1. The Morgan fingerprint density at radius 1 is 1.10 bits per heavy atom. The van der Waals surface area contributed by atoms with Gasteiger partial charge in [0, 0.05) is 34.1 Å². The van der Waals surface area contributed by atoms with Crippen molar-refractivity contribution in [3.8, 4) is 0 Å². The number of nitrogens with one attached hydrogen (secondary N) is 1. The highest BCUT2D eigenvalue weighted by atomic mass is 35.5. The minimum absolute atomic E-state index is 0.188. The molecule has 0 saturated heterocycles. The molecule has 0 unspecified atom stereocenters. The number of carbonyl (C=O) groups is 1. The van der Waals surface area contributed by atoms with Crippen LogP contribution < -0.4 is 11.1 Å². The molecule has 1 amide bonds. The zero-order valence-corrected chi connectivity index (χ0v) is 17.0. The van der Waals surface area contributed by atoms with E-state index in [0.717, 1.165) is 41.3 Å². The number of aryl methyl sites for hydroxylation is 1. The largest absolute Gasteiger partial charge is 0.382 e. The van der Waals surface area contributed by atoms with Crippen LogP contribution in [0.1, 0.15) is 23.2 Å². The van der Waals surface area contributed by atoms with Gasteiger partial charge in [0.2, 0.25) is 0 Å². The maximum Gasteiger partial charge on any atom is 0.251 e. The molecule has 3 N–H and O–H groups in total. The first-order valence-electron chi connectivity index (χ1n) is 9.26. The number of rotatable bonds is 6. The fraction of sp³-hybridized carbons (Fsp3) is 0.190. The second-order valence-electron chi connectivity index (χ2n) is 6.77. The number of benzene rings is 2. The molecule has 148 valence electrons. The number of nitrogens with two attached hydrogens (primary N) is 1. The molecule has 8 heteroatoms. The van der Waals surface area contributed by atoms with E-state index in [9.17, 15) is 4.79 Å². The summed E-state index contributed by atoms with van der Waals surface area (Å²) in [5.41, 5.74) is 9.09. The summed E-state index contributed by atoms with van der Waals surface area (Å²) in [6, 6.07) is 12.7. The quantitative estimate of drug-likeness (QED) is 0.437. The van der Waals surface area contributed by atoms with Crippen LogP contribution in [-0.2, 0) is 6.54 Å². The number of hydrogen-bond donors (Lipinski definition) is 2. The Kier molecular flexibility index (Phi) is 5.56. The van der Waals surface area contributed by atoms with Crippen LogP contribution in [0.2, 0.25) is 10.0 Å². The highest BCUT2D eigenvalue weighted by Crippen LogP contribution is 2.27. The highest BCUT2D eigenvalue weighted by Gasteiger charge is 2.12. The molecular formula is C21H19Cl2N5O. The summed E-state index contributed by atoms with van der Waals surface area (Å²) in [6.07, 6.45) is 3.48. The number of unbranched alkanes of at least 4 members (excludes halogenated alkanes) is 1. The van der Waals surface area contributed by atoms with Crippen molar-refractivity contribution in [2.45, 2.75) is 19.4 Å². The average molecular weight is 428 g/mol. The molecule has 0 radical (unpaired) electrons. The van der Waals surface area contributed by atoms with Crippen molar-refractivity contribution in [2.24, 2.45) is 0 Å². The summed E-state index contributed by atoms with van der Waals surface area (Å²) in [5, 5.41) is 4.81. The summed E-state index contributed by atoms with van der Waals surface area (Å²) < 4.78 is 2.09. The van der Waals surface area contributed by atoms with Gasteiger partial charge in [-0.1, -0.05) is 41.4 Å². The van der Waals surface area contributed by atoms with Crippen LogP contribution in [0.4, 0.5) is 5.82 Å². The smallest absolute Gasteiger partial charge is 0.251 e. The first kappa shape index (κ1) is 19.5. The molecule has 4 rings (SSSR count). The van der Waals surface area contributed by atoms with Gasteiger partial charge in [-0.15, -0.1) is 0 Å². The molecule has 0 saturated carbocycles. The lowest BCUT2D eigenvalue weighted by molar-refractivity contribution is 0.0953. The molecule has 0 aliphatic rings. The zero-order valence-electron chi connectivity index (χ0n) is 15.5. The number of aromatic nitrogens is 3. The van der Waals surface area contributed by atoms with Gasteiger partial charge >= 0.3 is 0 Å². The monoisotopic (exact) mass is 427 g/mol. The Balaban J connectivity index is 1.39. The molecule has 2 heterocycles. The van der Waals surface area contributed by atoms with Crippen LogP contribution in [0.25, 0.3) is 21.9 Å². The number of nitrogen functional groups attached to an aromatic ring is 1. The Bertz CT molecular complexity index is 1180. The van der Waals surface area contributed by atoms with Gasteiger partial charge in [0.05, 0.1) is 17.4 Å². The number of halogens is 2. The van der Waals surface area contributed by atoms with Gasteiger partial charge in [-0.05, 0) is 37.1 Å². The second-order valence-corrected chi connectivity index (χ2v) is 7.64. The minimum Gasteiger partial charge on any atom is -0.382 e. The first-order chi connectivity index (χ1) is 14.0. The number of para-hydroxylation sites is 1. The molecule has 6 nitrogen and oxygen atoms in total. The van der Waals surface area contributed by atoms with Crippen molar-refractivity contribution in [1.82, 2.24) is 19.9 Å². The van der Waals surface area contributed by atoms with Crippen molar-refractivity contribution < 1.29 is 4.79 Å².